The van der Waals surface area contributed by atoms with Crippen molar-refractivity contribution >= 4 is 0 Å². The van der Waals surface area contributed by atoms with Gasteiger partial charge in [-0.25, -0.2) is 0 Å². The van der Waals surface area contributed by atoms with Gasteiger partial charge in [-0.1, -0.05) is 0 Å². The van der Waals surface area contributed by atoms with E-state index in [4.69, 9.17) is 10.8 Å². The molecule has 0 amide bonds. The van der Waals surface area contributed by atoms with Gasteiger partial charge < -0.3 is 9.52 Å². The summed E-state index contributed by atoms with van der Waals surface area (Å²) >= 11 is 0. The Labute approximate surface area is 59.5 Å². The maximum absolute atomic E-state index is 9.21. The number of rotatable bonds is 2. The maximum Gasteiger partial charge on any atom is 0.0960 e. The molecule has 0 radical (unpaired) electrons. The summed E-state index contributed by atoms with van der Waals surface area (Å²) < 4.78 is 4.75. The molecule has 0 unspecified atom stereocenters. The first-order valence-corrected chi connectivity index (χ1v) is 2.98. The Balaban J connectivity index is 2.61. The number of furan rings is 1. The van der Waals surface area contributed by atoms with Crippen LogP contribution in [0.2, 0.25) is 0 Å². The molecule has 0 aliphatic rings. The number of terminal acetylenes is 1. The van der Waals surface area contributed by atoms with E-state index >= 15 is 0 Å². The lowest BCUT2D eigenvalue weighted by Crippen LogP contribution is -1.92. The molecule has 0 fully saturated rings. The van der Waals surface area contributed by atoms with E-state index in [-0.39, 0.29) is 0 Å². The Morgan fingerprint density at radius 2 is 2.60 bits per heavy atom. The van der Waals surface area contributed by atoms with Crippen molar-refractivity contribution in [2.75, 3.05) is 0 Å². The standard InChI is InChI=1S/C8H8O2/c1-2-3-8(9)7-4-5-10-6-7/h1,4-6,8-9H,3H2/t8-/m1/s1. The summed E-state index contributed by atoms with van der Waals surface area (Å²) in [6.07, 6.45) is 7.75. The second-order valence-corrected chi connectivity index (χ2v) is 1.98. The molecule has 1 N–H and O–H groups in total. The molecule has 1 heterocycles. The van der Waals surface area contributed by atoms with Crippen LogP contribution >= 0.6 is 0 Å². The predicted molar refractivity (Wildman–Crippen MR) is 37.1 cm³/mol. The van der Waals surface area contributed by atoms with E-state index in [1.54, 1.807) is 6.07 Å². The second-order valence-electron chi connectivity index (χ2n) is 1.98. The van der Waals surface area contributed by atoms with Gasteiger partial charge in [-0.2, -0.15) is 0 Å². The van der Waals surface area contributed by atoms with Crippen LogP contribution in [0.4, 0.5) is 0 Å². The molecule has 2 nitrogen and oxygen atoms in total. The first kappa shape index (κ1) is 6.91. The molecule has 0 aliphatic heterocycles. The Kier molecular flexibility index (Phi) is 2.14. The minimum Gasteiger partial charge on any atom is -0.472 e. The summed E-state index contributed by atoms with van der Waals surface area (Å²) in [4.78, 5) is 0. The number of hydrogen-bond acceptors (Lipinski definition) is 2. The van der Waals surface area contributed by atoms with Crippen LogP contribution in [-0.2, 0) is 0 Å². The lowest BCUT2D eigenvalue weighted by molar-refractivity contribution is 0.183. The van der Waals surface area contributed by atoms with E-state index < -0.39 is 6.10 Å². The summed E-state index contributed by atoms with van der Waals surface area (Å²) in [6, 6.07) is 1.70. The predicted octanol–water partition coefficient (Wildman–Crippen LogP) is 1.34. The highest BCUT2D eigenvalue weighted by molar-refractivity contribution is 5.11. The van der Waals surface area contributed by atoms with Crippen LogP contribution in [0.5, 0.6) is 0 Å². The Morgan fingerprint density at radius 1 is 1.80 bits per heavy atom. The van der Waals surface area contributed by atoms with Gasteiger partial charge in [0.1, 0.15) is 0 Å². The van der Waals surface area contributed by atoms with E-state index in [1.165, 1.54) is 12.5 Å². The third-order valence-electron chi connectivity index (χ3n) is 1.24. The Morgan fingerprint density at radius 3 is 3.10 bits per heavy atom. The first-order valence-electron chi connectivity index (χ1n) is 2.98. The lowest BCUT2D eigenvalue weighted by Gasteiger charge is -2.00. The minimum atomic E-state index is -0.580. The Hall–Kier alpha value is -1.20. The van der Waals surface area contributed by atoms with Crippen LogP contribution < -0.4 is 0 Å². The molecule has 10 heavy (non-hydrogen) atoms. The third-order valence-corrected chi connectivity index (χ3v) is 1.24. The van der Waals surface area contributed by atoms with Crippen LogP contribution in [0.25, 0.3) is 0 Å². The molecule has 0 saturated carbocycles. The summed E-state index contributed by atoms with van der Waals surface area (Å²) in [5, 5.41) is 9.21. The highest BCUT2D eigenvalue weighted by Crippen LogP contribution is 2.15. The van der Waals surface area contributed by atoms with Crippen molar-refractivity contribution in [2.24, 2.45) is 0 Å². The highest BCUT2D eigenvalue weighted by Gasteiger charge is 2.05. The van der Waals surface area contributed by atoms with Gasteiger partial charge in [0.25, 0.3) is 0 Å². The Bertz CT molecular complexity index is 218. The molecule has 1 rings (SSSR count). The van der Waals surface area contributed by atoms with E-state index in [0.717, 1.165) is 5.56 Å². The average molecular weight is 136 g/mol. The van der Waals surface area contributed by atoms with E-state index in [1.807, 2.05) is 0 Å². The van der Waals surface area contributed by atoms with E-state index in [2.05, 4.69) is 5.92 Å². The van der Waals surface area contributed by atoms with Gasteiger partial charge in [-0.05, 0) is 6.07 Å². The number of aliphatic hydroxyl groups excluding tert-OH is 1. The van der Waals surface area contributed by atoms with Crippen LogP contribution in [0.3, 0.4) is 0 Å². The maximum atomic E-state index is 9.21. The molecule has 0 spiro atoms. The van der Waals surface area contributed by atoms with Crippen LogP contribution in [0, 0.1) is 12.3 Å². The van der Waals surface area contributed by atoms with Gasteiger partial charge in [0.15, 0.2) is 0 Å². The summed E-state index contributed by atoms with van der Waals surface area (Å²) in [5.74, 6) is 2.36. The average Bonchev–Trinajstić information content (AvgIpc) is 2.38. The van der Waals surface area contributed by atoms with Gasteiger partial charge in [0.05, 0.1) is 18.6 Å². The quantitative estimate of drug-likeness (QED) is 0.622. The van der Waals surface area contributed by atoms with Crippen molar-refractivity contribution in [3.8, 4) is 12.3 Å². The molecule has 0 aromatic carbocycles. The summed E-state index contributed by atoms with van der Waals surface area (Å²) in [7, 11) is 0. The normalized spacial score (nSPS) is 12.4. The molecule has 1 aromatic heterocycles. The van der Waals surface area contributed by atoms with Gasteiger partial charge in [-0.15, -0.1) is 12.3 Å². The molecular formula is C8H8O2. The fourth-order valence-electron chi connectivity index (χ4n) is 0.694. The number of hydrogen-bond donors (Lipinski definition) is 1. The SMILES string of the molecule is C#CC[C@@H](O)c1ccoc1. The summed E-state index contributed by atoms with van der Waals surface area (Å²) in [6.45, 7) is 0. The van der Waals surface area contributed by atoms with Crippen molar-refractivity contribution in [3.05, 3.63) is 24.2 Å². The lowest BCUT2D eigenvalue weighted by atomic mass is 10.1. The minimum absolute atomic E-state index is 0.333. The van der Waals surface area contributed by atoms with Crippen molar-refractivity contribution in [3.63, 3.8) is 0 Å². The van der Waals surface area contributed by atoms with E-state index in [9.17, 15) is 5.11 Å². The molecule has 1 aromatic rings. The monoisotopic (exact) mass is 136 g/mol. The molecule has 52 valence electrons. The zero-order valence-electron chi connectivity index (χ0n) is 5.45. The van der Waals surface area contributed by atoms with Crippen LogP contribution in [0.1, 0.15) is 18.1 Å². The zero-order chi connectivity index (χ0) is 7.40. The van der Waals surface area contributed by atoms with Crippen molar-refractivity contribution in [2.45, 2.75) is 12.5 Å². The van der Waals surface area contributed by atoms with Crippen LogP contribution in [-0.4, -0.2) is 5.11 Å². The molecule has 2 heteroatoms. The van der Waals surface area contributed by atoms with Crippen molar-refractivity contribution in [1.29, 1.82) is 0 Å². The van der Waals surface area contributed by atoms with Crippen molar-refractivity contribution in [1.82, 2.24) is 0 Å². The molecule has 0 saturated heterocycles. The molecule has 1 atom stereocenters. The highest BCUT2D eigenvalue weighted by atomic mass is 16.3. The van der Waals surface area contributed by atoms with E-state index in [0.29, 0.717) is 6.42 Å². The third kappa shape index (κ3) is 1.40. The molecule has 0 aliphatic carbocycles. The smallest absolute Gasteiger partial charge is 0.0960 e. The zero-order valence-corrected chi connectivity index (χ0v) is 5.45. The first-order chi connectivity index (χ1) is 4.84. The topological polar surface area (TPSA) is 33.4 Å². The molecular weight excluding hydrogens is 128 g/mol. The molecule has 0 bridgehead atoms. The van der Waals surface area contributed by atoms with Crippen LogP contribution in [0.15, 0.2) is 23.0 Å². The largest absolute Gasteiger partial charge is 0.472 e. The number of aliphatic hydroxyl groups is 1. The van der Waals surface area contributed by atoms with Gasteiger partial charge in [-0.3, -0.25) is 0 Å². The van der Waals surface area contributed by atoms with Crippen molar-refractivity contribution < 1.29 is 9.52 Å². The van der Waals surface area contributed by atoms with Gasteiger partial charge >= 0.3 is 0 Å². The second kappa shape index (κ2) is 3.09. The fraction of sp³-hybridized carbons (Fsp3) is 0.250. The van der Waals surface area contributed by atoms with Gasteiger partial charge in [0, 0.05) is 12.0 Å². The van der Waals surface area contributed by atoms with Gasteiger partial charge in [0.2, 0.25) is 0 Å². The fourth-order valence-corrected chi connectivity index (χ4v) is 0.694. The summed E-state index contributed by atoms with van der Waals surface area (Å²) in [5.41, 5.74) is 0.734.